The first-order valence-corrected chi connectivity index (χ1v) is 7.84. The van der Waals surface area contributed by atoms with E-state index in [0.29, 0.717) is 24.8 Å². The number of nitrogens with one attached hydrogen (secondary N) is 2. The normalized spacial score (nSPS) is 10.3. The van der Waals surface area contributed by atoms with Gasteiger partial charge in [0.05, 0.1) is 13.7 Å². The number of rotatable bonds is 6. The lowest BCUT2D eigenvalue weighted by Gasteiger charge is -2.07. The molecule has 2 amide bonds. The Bertz CT molecular complexity index is 832. The van der Waals surface area contributed by atoms with Crippen LogP contribution in [0.5, 0.6) is 5.88 Å². The number of benzene rings is 1. The van der Waals surface area contributed by atoms with Crippen LogP contribution in [0.1, 0.15) is 11.1 Å². The standard InChI is InChI=1S/C18H19N5O2/c1-25-17-11-15(7-9-19-17)12-20-18(24)21-16-8-10-23(22-16)13-14-5-3-2-4-6-14/h2-11H,12-13H2,1H3,(H2,20,21,22,24). The maximum Gasteiger partial charge on any atom is 0.320 e. The first-order chi connectivity index (χ1) is 12.2. The van der Waals surface area contributed by atoms with Crippen LogP contribution in [0, 0.1) is 0 Å². The van der Waals surface area contributed by atoms with Gasteiger partial charge in [-0.2, -0.15) is 5.10 Å². The fraction of sp³-hybridized carbons (Fsp3) is 0.167. The lowest BCUT2D eigenvalue weighted by Crippen LogP contribution is -2.28. The Hall–Kier alpha value is -3.35. The van der Waals surface area contributed by atoms with Gasteiger partial charge in [-0.1, -0.05) is 30.3 Å². The van der Waals surface area contributed by atoms with Crippen LogP contribution in [0.15, 0.2) is 60.9 Å². The minimum Gasteiger partial charge on any atom is -0.481 e. The summed E-state index contributed by atoms with van der Waals surface area (Å²) in [6, 6.07) is 15.0. The van der Waals surface area contributed by atoms with Crippen LogP contribution < -0.4 is 15.4 Å². The van der Waals surface area contributed by atoms with Crippen LogP contribution in [-0.4, -0.2) is 27.9 Å². The molecule has 2 N–H and O–H groups in total. The van der Waals surface area contributed by atoms with Crippen molar-refractivity contribution in [1.29, 1.82) is 0 Å². The SMILES string of the molecule is COc1cc(CNC(=O)Nc2ccn(Cc3ccccc3)n2)ccn1. The van der Waals surface area contributed by atoms with Crippen molar-refractivity contribution in [2.75, 3.05) is 12.4 Å². The topological polar surface area (TPSA) is 81.1 Å². The number of urea groups is 1. The summed E-state index contributed by atoms with van der Waals surface area (Å²) >= 11 is 0. The molecule has 0 saturated carbocycles. The predicted molar refractivity (Wildman–Crippen MR) is 94.4 cm³/mol. The molecule has 3 aromatic rings. The summed E-state index contributed by atoms with van der Waals surface area (Å²) in [5.74, 6) is 1.01. The Morgan fingerprint density at radius 3 is 2.80 bits per heavy atom. The fourth-order valence-electron chi connectivity index (χ4n) is 2.30. The Kier molecular flexibility index (Phi) is 5.26. The largest absolute Gasteiger partial charge is 0.481 e. The average molecular weight is 337 g/mol. The van der Waals surface area contributed by atoms with E-state index in [2.05, 4.69) is 20.7 Å². The number of aromatic nitrogens is 3. The zero-order valence-electron chi connectivity index (χ0n) is 13.8. The summed E-state index contributed by atoms with van der Waals surface area (Å²) in [6.45, 7) is 1.02. The number of anilines is 1. The Labute approximate surface area is 145 Å². The van der Waals surface area contributed by atoms with E-state index in [9.17, 15) is 4.79 Å². The molecule has 2 heterocycles. The third-order valence-corrected chi connectivity index (χ3v) is 3.53. The number of carbonyl (C=O) groups is 1. The maximum atomic E-state index is 12.0. The number of methoxy groups -OCH3 is 1. The lowest BCUT2D eigenvalue weighted by molar-refractivity contribution is 0.251. The Morgan fingerprint density at radius 1 is 1.16 bits per heavy atom. The van der Waals surface area contributed by atoms with Gasteiger partial charge in [0.25, 0.3) is 0 Å². The zero-order chi connectivity index (χ0) is 17.5. The molecule has 128 valence electrons. The summed E-state index contributed by atoms with van der Waals surface area (Å²) in [5, 5.41) is 9.84. The molecule has 25 heavy (non-hydrogen) atoms. The molecule has 1 aromatic carbocycles. The molecule has 0 unspecified atom stereocenters. The first-order valence-electron chi connectivity index (χ1n) is 7.84. The predicted octanol–water partition coefficient (Wildman–Crippen LogP) is 2.66. The fourth-order valence-corrected chi connectivity index (χ4v) is 2.30. The molecule has 0 aliphatic heterocycles. The molecular formula is C18H19N5O2. The number of hydrogen-bond donors (Lipinski definition) is 2. The molecular weight excluding hydrogens is 318 g/mol. The van der Waals surface area contributed by atoms with Gasteiger partial charge in [-0.15, -0.1) is 0 Å². The van der Waals surface area contributed by atoms with E-state index in [1.54, 1.807) is 30.1 Å². The summed E-state index contributed by atoms with van der Waals surface area (Å²) in [6.07, 6.45) is 3.47. The van der Waals surface area contributed by atoms with Gasteiger partial charge < -0.3 is 10.1 Å². The quantitative estimate of drug-likeness (QED) is 0.724. The molecule has 0 aliphatic carbocycles. The highest BCUT2D eigenvalue weighted by Gasteiger charge is 2.06. The first kappa shape index (κ1) is 16.5. The monoisotopic (exact) mass is 337 g/mol. The van der Waals surface area contributed by atoms with Crippen LogP contribution in [0.2, 0.25) is 0 Å². The number of amides is 2. The van der Waals surface area contributed by atoms with Crippen molar-refractivity contribution >= 4 is 11.8 Å². The minimum absolute atomic E-state index is 0.319. The van der Waals surface area contributed by atoms with Crippen molar-refractivity contribution in [1.82, 2.24) is 20.1 Å². The minimum atomic E-state index is -0.319. The van der Waals surface area contributed by atoms with Crippen LogP contribution in [0.3, 0.4) is 0 Å². The molecule has 0 saturated heterocycles. The molecule has 7 nitrogen and oxygen atoms in total. The molecule has 0 radical (unpaired) electrons. The van der Waals surface area contributed by atoms with Crippen molar-refractivity contribution in [3.8, 4) is 5.88 Å². The molecule has 0 atom stereocenters. The van der Waals surface area contributed by atoms with Crippen LogP contribution in [0.4, 0.5) is 10.6 Å². The van der Waals surface area contributed by atoms with E-state index < -0.39 is 0 Å². The highest BCUT2D eigenvalue weighted by molar-refractivity contribution is 5.88. The average Bonchev–Trinajstić information content (AvgIpc) is 3.08. The van der Waals surface area contributed by atoms with Crippen molar-refractivity contribution in [2.24, 2.45) is 0 Å². The summed E-state index contributed by atoms with van der Waals surface area (Å²) in [5.41, 5.74) is 2.05. The zero-order valence-corrected chi connectivity index (χ0v) is 13.8. The van der Waals surface area contributed by atoms with E-state index >= 15 is 0 Å². The maximum absolute atomic E-state index is 12.0. The number of pyridine rings is 1. The van der Waals surface area contributed by atoms with Gasteiger partial charge in [-0.3, -0.25) is 10.00 Å². The van der Waals surface area contributed by atoms with Crippen molar-refractivity contribution < 1.29 is 9.53 Å². The number of carbonyl (C=O) groups excluding carboxylic acids is 1. The van der Waals surface area contributed by atoms with Gasteiger partial charge in [-0.05, 0) is 17.2 Å². The second kappa shape index (κ2) is 7.96. The van der Waals surface area contributed by atoms with Gasteiger partial charge in [0.2, 0.25) is 5.88 Å². The molecule has 7 heteroatoms. The van der Waals surface area contributed by atoms with Gasteiger partial charge in [0.1, 0.15) is 0 Å². The summed E-state index contributed by atoms with van der Waals surface area (Å²) < 4.78 is 6.83. The highest BCUT2D eigenvalue weighted by Crippen LogP contribution is 2.09. The molecule has 0 bridgehead atoms. The summed E-state index contributed by atoms with van der Waals surface area (Å²) in [4.78, 5) is 16.0. The van der Waals surface area contributed by atoms with Crippen molar-refractivity contribution in [3.05, 3.63) is 72.1 Å². The number of ether oxygens (including phenoxy) is 1. The van der Waals surface area contributed by atoms with E-state index in [-0.39, 0.29) is 6.03 Å². The highest BCUT2D eigenvalue weighted by atomic mass is 16.5. The number of hydrogen-bond acceptors (Lipinski definition) is 4. The van der Waals surface area contributed by atoms with Gasteiger partial charge in [0.15, 0.2) is 5.82 Å². The van der Waals surface area contributed by atoms with E-state index in [4.69, 9.17) is 4.74 Å². The molecule has 3 rings (SSSR count). The van der Waals surface area contributed by atoms with Crippen molar-refractivity contribution in [2.45, 2.75) is 13.1 Å². The van der Waals surface area contributed by atoms with Crippen LogP contribution in [-0.2, 0) is 13.1 Å². The lowest BCUT2D eigenvalue weighted by atomic mass is 10.2. The van der Waals surface area contributed by atoms with Crippen molar-refractivity contribution in [3.63, 3.8) is 0 Å². The second-order valence-electron chi connectivity index (χ2n) is 5.40. The Morgan fingerprint density at radius 2 is 2.00 bits per heavy atom. The van der Waals surface area contributed by atoms with E-state index in [1.165, 1.54) is 0 Å². The Balaban J connectivity index is 1.51. The molecule has 0 aliphatic rings. The molecule has 0 spiro atoms. The van der Waals surface area contributed by atoms with Gasteiger partial charge >= 0.3 is 6.03 Å². The van der Waals surface area contributed by atoms with Crippen LogP contribution >= 0.6 is 0 Å². The second-order valence-corrected chi connectivity index (χ2v) is 5.40. The van der Waals surface area contributed by atoms with Crippen LogP contribution in [0.25, 0.3) is 0 Å². The van der Waals surface area contributed by atoms with E-state index in [0.717, 1.165) is 11.1 Å². The third kappa shape index (κ3) is 4.81. The summed E-state index contributed by atoms with van der Waals surface area (Å²) in [7, 11) is 1.55. The van der Waals surface area contributed by atoms with Gasteiger partial charge in [0, 0.05) is 31.1 Å². The van der Waals surface area contributed by atoms with Gasteiger partial charge in [-0.25, -0.2) is 9.78 Å². The number of nitrogens with zero attached hydrogens (tertiary/aromatic N) is 3. The smallest absolute Gasteiger partial charge is 0.320 e. The molecule has 2 aromatic heterocycles. The third-order valence-electron chi connectivity index (χ3n) is 3.53. The van der Waals surface area contributed by atoms with E-state index in [1.807, 2.05) is 42.6 Å². The molecule has 0 fully saturated rings.